The van der Waals surface area contributed by atoms with Gasteiger partial charge in [0, 0.05) is 19.0 Å². The Morgan fingerprint density at radius 1 is 1.29 bits per heavy atom. The highest BCUT2D eigenvalue weighted by atomic mass is 35.5. The van der Waals surface area contributed by atoms with Gasteiger partial charge in [-0.2, -0.15) is 0 Å². The van der Waals surface area contributed by atoms with Crippen LogP contribution in [-0.4, -0.2) is 16.5 Å². The van der Waals surface area contributed by atoms with Crippen molar-refractivity contribution in [2.75, 3.05) is 11.9 Å². The first-order valence-electron chi connectivity index (χ1n) is 6.39. The average molecular weight is 256 g/mol. The Hall–Kier alpha value is -0.830. The van der Waals surface area contributed by atoms with Gasteiger partial charge in [0.2, 0.25) is 0 Å². The molecule has 0 aromatic carbocycles. The van der Waals surface area contributed by atoms with Gasteiger partial charge in [-0.05, 0) is 12.3 Å². The monoisotopic (exact) mass is 255 g/mol. The van der Waals surface area contributed by atoms with E-state index in [9.17, 15) is 0 Å². The van der Waals surface area contributed by atoms with Gasteiger partial charge < -0.3 is 5.32 Å². The molecule has 1 N–H and O–H groups in total. The molecular weight excluding hydrogens is 234 g/mol. The predicted octanol–water partition coefficient (Wildman–Crippen LogP) is 3.93. The van der Waals surface area contributed by atoms with Crippen molar-refractivity contribution in [3.8, 4) is 0 Å². The Labute approximate surface area is 109 Å². The Kier molecular flexibility index (Phi) is 6.27. The quantitative estimate of drug-likeness (QED) is 0.593. The molecule has 0 saturated heterocycles. The molecule has 0 aliphatic carbocycles. The minimum absolute atomic E-state index is 0.522. The summed E-state index contributed by atoms with van der Waals surface area (Å²) in [6.07, 6.45) is 4.50. The molecular formula is C13H22ClN3. The third kappa shape index (κ3) is 5.87. The maximum absolute atomic E-state index is 5.98. The zero-order chi connectivity index (χ0) is 12.7. The van der Waals surface area contributed by atoms with Crippen LogP contribution in [0.5, 0.6) is 0 Å². The predicted molar refractivity (Wildman–Crippen MR) is 73.6 cm³/mol. The summed E-state index contributed by atoms with van der Waals surface area (Å²) in [5.74, 6) is 2.21. The van der Waals surface area contributed by atoms with Crippen molar-refractivity contribution in [1.29, 1.82) is 0 Å². The topological polar surface area (TPSA) is 37.8 Å². The highest BCUT2D eigenvalue weighted by Gasteiger charge is 2.05. The molecule has 0 saturated carbocycles. The molecule has 0 radical (unpaired) electrons. The maximum atomic E-state index is 5.98. The molecule has 4 heteroatoms. The van der Waals surface area contributed by atoms with Crippen LogP contribution < -0.4 is 5.32 Å². The molecule has 1 aromatic heterocycles. The molecule has 17 heavy (non-hydrogen) atoms. The first-order valence-corrected chi connectivity index (χ1v) is 6.77. The lowest BCUT2D eigenvalue weighted by atomic mass is 10.1. The van der Waals surface area contributed by atoms with E-state index in [1.807, 2.05) is 0 Å². The van der Waals surface area contributed by atoms with Crippen molar-refractivity contribution in [3.05, 3.63) is 17.0 Å². The molecule has 1 aromatic rings. The van der Waals surface area contributed by atoms with E-state index in [1.165, 1.54) is 12.8 Å². The smallest absolute Gasteiger partial charge is 0.134 e. The normalized spacial score (nSPS) is 10.9. The lowest BCUT2D eigenvalue weighted by Gasteiger charge is -2.08. The molecule has 96 valence electrons. The lowest BCUT2D eigenvalue weighted by molar-refractivity contribution is 0.621. The Bertz CT molecular complexity index is 339. The number of rotatable bonds is 7. The fraction of sp³-hybridized carbons (Fsp3) is 0.692. The summed E-state index contributed by atoms with van der Waals surface area (Å²) in [6, 6.07) is 1.79. The molecule has 3 nitrogen and oxygen atoms in total. The third-order valence-electron chi connectivity index (χ3n) is 2.42. The zero-order valence-electron chi connectivity index (χ0n) is 11.0. The second-order valence-corrected chi connectivity index (χ2v) is 5.11. The van der Waals surface area contributed by atoms with Gasteiger partial charge >= 0.3 is 0 Å². The van der Waals surface area contributed by atoms with Crippen LogP contribution in [0.3, 0.4) is 0 Å². The summed E-state index contributed by atoms with van der Waals surface area (Å²) in [6.45, 7) is 7.45. The van der Waals surface area contributed by atoms with Crippen LogP contribution in [0.25, 0.3) is 0 Å². The third-order valence-corrected chi connectivity index (χ3v) is 2.61. The van der Waals surface area contributed by atoms with Crippen molar-refractivity contribution in [2.45, 2.75) is 46.5 Å². The van der Waals surface area contributed by atoms with Crippen molar-refractivity contribution in [1.82, 2.24) is 9.97 Å². The Morgan fingerprint density at radius 3 is 2.71 bits per heavy atom. The number of nitrogens with one attached hydrogen (secondary N) is 1. The molecule has 0 aliphatic rings. The first-order chi connectivity index (χ1) is 8.11. The molecule has 0 spiro atoms. The fourth-order valence-corrected chi connectivity index (χ4v) is 1.80. The van der Waals surface area contributed by atoms with E-state index in [4.69, 9.17) is 11.6 Å². The Morgan fingerprint density at radius 2 is 2.06 bits per heavy atom. The largest absolute Gasteiger partial charge is 0.370 e. The number of hydrogen-bond acceptors (Lipinski definition) is 3. The highest BCUT2D eigenvalue weighted by Crippen LogP contribution is 2.14. The summed E-state index contributed by atoms with van der Waals surface area (Å²) < 4.78 is 0. The van der Waals surface area contributed by atoms with Gasteiger partial charge in [0.25, 0.3) is 0 Å². The van der Waals surface area contributed by atoms with Gasteiger partial charge in [-0.25, -0.2) is 9.97 Å². The zero-order valence-corrected chi connectivity index (χ0v) is 11.7. The molecule has 1 heterocycles. The van der Waals surface area contributed by atoms with Crippen LogP contribution in [0, 0.1) is 5.92 Å². The van der Waals surface area contributed by atoms with Gasteiger partial charge in [-0.1, -0.05) is 45.2 Å². The molecule has 1 rings (SSSR count). The molecule has 0 atom stereocenters. The van der Waals surface area contributed by atoms with E-state index in [2.05, 4.69) is 36.1 Å². The number of hydrogen-bond donors (Lipinski definition) is 1. The van der Waals surface area contributed by atoms with E-state index < -0.39 is 0 Å². The van der Waals surface area contributed by atoms with Crippen LogP contribution in [-0.2, 0) is 6.42 Å². The number of anilines is 1. The van der Waals surface area contributed by atoms with Crippen molar-refractivity contribution < 1.29 is 0 Å². The van der Waals surface area contributed by atoms with E-state index in [-0.39, 0.29) is 0 Å². The van der Waals surface area contributed by atoms with E-state index >= 15 is 0 Å². The number of nitrogens with zero attached hydrogens (tertiary/aromatic N) is 2. The Balaban J connectivity index is 2.56. The van der Waals surface area contributed by atoms with Crippen molar-refractivity contribution in [2.24, 2.45) is 5.92 Å². The SMILES string of the molecule is CCCCCNc1cc(Cl)nc(CC(C)C)n1. The minimum Gasteiger partial charge on any atom is -0.370 e. The van der Waals surface area contributed by atoms with E-state index in [0.717, 1.165) is 31.0 Å². The van der Waals surface area contributed by atoms with Crippen LogP contribution in [0.4, 0.5) is 5.82 Å². The first kappa shape index (κ1) is 14.2. The summed E-state index contributed by atoms with van der Waals surface area (Å²) >= 11 is 5.98. The van der Waals surface area contributed by atoms with Gasteiger partial charge in [-0.15, -0.1) is 0 Å². The molecule has 0 unspecified atom stereocenters. The van der Waals surface area contributed by atoms with Crippen LogP contribution in [0.15, 0.2) is 6.07 Å². The second-order valence-electron chi connectivity index (χ2n) is 4.72. The lowest BCUT2D eigenvalue weighted by Crippen LogP contribution is -2.07. The van der Waals surface area contributed by atoms with Gasteiger partial charge in [0.05, 0.1) is 0 Å². The summed E-state index contributed by atoms with van der Waals surface area (Å²) in [4.78, 5) is 8.70. The summed E-state index contributed by atoms with van der Waals surface area (Å²) in [7, 11) is 0. The van der Waals surface area contributed by atoms with Crippen LogP contribution in [0.1, 0.15) is 45.9 Å². The molecule has 0 bridgehead atoms. The van der Waals surface area contributed by atoms with Gasteiger partial charge in [0.15, 0.2) is 0 Å². The second kappa shape index (κ2) is 7.49. The maximum Gasteiger partial charge on any atom is 0.134 e. The van der Waals surface area contributed by atoms with Crippen LogP contribution >= 0.6 is 11.6 Å². The highest BCUT2D eigenvalue weighted by molar-refractivity contribution is 6.29. The number of halogens is 1. The summed E-state index contributed by atoms with van der Waals surface area (Å²) in [5, 5.41) is 3.82. The molecule has 0 aliphatic heterocycles. The minimum atomic E-state index is 0.522. The number of unbranched alkanes of at least 4 members (excludes halogenated alkanes) is 2. The van der Waals surface area contributed by atoms with Crippen molar-refractivity contribution >= 4 is 17.4 Å². The van der Waals surface area contributed by atoms with Crippen molar-refractivity contribution in [3.63, 3.8) is 0 Å². The van der Waals surface area contributed by atoms with Gasteiger partial charge in [0.1, 0.15) is 16.8 Å². The van der Waals surface area contributed by atoms with E-state index in [1.54, 1.807) is 6.07 Å². The molecule has 0 amide bonds. The van der Waals surface area contributed by atoms with E-state index in [0.29, 0.717) is 11.1 Å². The standard InChI is InChI=1S/C13H22ClN3/c1-4-5-6-7-15-12-9-11(14)16-13(17-12)8-10(2)3/h9-10H,4-8H2,1-3H3,(H,15,16,17). The average Bonchev–Trinajstić information content (AvgIpc) is 2.22. The summed E-state index contributed by atoms with van der Waals surface area (Å²) in [5.41, 5.74) is 0. The number of aromatic nitrogens is 2. The fourth-order valence-electron chi connectivity index (χ4n) is 1.60. The van der Waals surface area contributed by atoms with Crippen LogP contribution in [0.2, 0.25) is 5.15 Å². The van der Waals surface area contributed by atoms with Gasteiger partial charge in [-0.3, -0.25) is 0 Å². The molecule has 0 fully saturated rings.